The van der Waals surface area contributed by atoms with Crippen LogP contribution in [0.15, 0.2) is 72.8 Å². The highest BCUT2D eigenvalue weighted by Gasteiger charge is 2.48. The van der Waals surface area contributed by atoms with Gasteiger partial charge in [0.25, 0.3) is 6.71 Å². The molecule has 0 N–H and O–H groups in total. The Morgan fingerprint density at radius 3 is 1.64 bits per heavy atom. The number of thiazole rings is 1. The molecule has 0 bridgehead atoms. The summed E-state index contributed by atoms with van der Waals surface area (Å²) in [5.41, 5.74) is 17.3. The third kappa shape index (κ3) is 6.26. The van der Waals surface area contributed by atoms with E-state index in [1.54, 1.807) is 0 Å². The molecule has 0 unspecified atom stereocenters. The molecule has 1 aromatic heterocycles. The van der Waals surface area contributed by atoms with Crippen molar-refractivity contribution < 1.29 is 0 Å². The zero-order valence-corrected chi connectivity index (χ0v) is 38.0. The SMILES string of the molecule is CC(C)(C)c1ccc(N2c3ccc(C(C)(C)C)cc3B3c4nc(C(C)(C)C)sc4N(c4ccc5c(c4)C(C)(C)CCC5(C)C)c4cc(C(C)(C)C)cc2c43)cc1. The normalized spacial score (nSPS) is 17.3. The number of hydrogen-bond donors (Lipinski definition) is 0. The number of rotatable bonds is 2. The number of aromatic nitrogens is 1. The molecule has 0 spiro atoms. The summed E-state index contributed by atoms with van der Waals surface area (Å²) in [6, 6.07) is 29.1. The van der Waals surface area contributed by atoms with Crippen molar-refractivity contribution in [3.63, 3.8) is 0 Å². The summed E-state index contributed by atoms with van der Waals surface area (Å²) in [5.74, 6) is 0. The van der Waals surface area contributed by atoms with Crippen LogP contribution < -0.4 is 26.3 Å². The highest BCUT2D eigenvalue weighted by molar-refractivity contribution is 7.19. The number of fused-ring (bicyclic) bond motifs is 5. The maximum absolute atomic E-state index is 5.72. The minimum atomic E-state index is -0.0906. The minimum absolute atomic E-state index is 0.000690. The Kier molecular flexibility index (Phi) is 8.60. The largest absolute Gasteiger partial charge is 0.311 e. The van der Waals surface area contributed by atoms with Gasteiger partial charge >= 0.3 is 0 Å². The first-order valence-corrected chi connectivity index (χ1v) is 21.8. The zero-order chi connectivity index (χ0) is 40.7. The van der Waals surface area contributed by atoms with E-state index in [1.807, 2.05) is 11.3 Å². The third-order valence-electron chi connectivity index (χ3n) is 13.1. The lowest BCUT2D eigenvalue weighted by Crippen LogP contribution is -2.62. The van der Waals surface area contributed by atoms with E-state index < -0.39 is 0 Å². The maximum atomic E-state index is 5.72. The van der Waals surface area contributed by atoms with E-state index in [0.29, 0.717) is 0 Å². The van der Waals surface area contributed by atoms with Gasteiger partial charge < -0.3 is 9.80 Å². The van der Waals surface area contributed by atoms with Crippen molar-refractivity contribution in [3.8, 4) is 0 Å². The van der Waals surface area contributed by atoms with E-state index in [4.69, 9.17) is 4.98 Å². The molecule has 1 aliphatic carbocycles. The number of benzene rings is 4. The molecule has 8 rings (SSSR count). The lowest BCUT2D eigenvalue weighted by molar-refractivity contribution is 0.332. The molecule has 3 aliphatic rings. The van der Waals surface area contributed by atoms with Crippen molar-refractivity contribution in [3.05, 3.63) is 106 Å². The molecular weight excluding hydrogens is 697 g/mol. The van der Waals surface area contributed by atoms with Crippen LogP contribution in [-0.4, -0.2) is 11.7 Å². The molecule has 0 saturated heterocycles. The fourth-order valence-electron chi connectivity index (χ4n) is 9.21. The van der Waals surface area contributed by atoms with Crippen molar-refractivity contribution in [2.45, 2.75) is 156 Å². The van der Waals surface area contributed by atoms with Crippen molar-refractivity contribution in [2.75, 3.05) is 9.80 Å². The van der Waals surface area contributed by atoms with Crippen molar-refractivity contribution in [1.29, 1.82) is 0 Å². The summed E-state index contributed by atoms with van der Waals surface area (Å²) in [5, 5.41) is 2.44. The molecule has 0 fully saturated rings. The van der Waals surface area contributed by atoms with Gasteiger partial charge in [0.15, 0.2) is 0 Å². The molecule has 5 heteroatoms. The number of hydrogen-bond acceptors (Lipinski definition) is 4. The lowest BCUT2D eigenvalue weighted by atomic mass is 9.35. The third-order valence-corrected chi connectivity index (χ3v) is 14.5. The molecule has 0 amide bonds. The van der Waals surface area contributed by atoms with Crippen LogP contribution >= 0.6 is 11.3 Å². The molecular formula is C51H64BN3S. The zero-order valence-electron chi connectivity index (χ0n) is 37.2. The van der Waals surface area contributed by atoms with Crippen molar-refractivity contribution >= 4 is 68.0 Å². The quantitative estimate of drug-likeness (QED) is 0.164. The van der Waals surface area contributed by atoms with Gasteiger partial charge in [-0.2, -0.15) is 0 Å². The van der Waals surface area contributed by atoms with Crippen LogP contribution in [-0.2, 0) is 32.5 Å². The summed E-state index contributed by atoms with van der Waals surface area (Å²) in [6.07, 6.45) is 2.39. The first kappa shape index (κ1) is 39.0. The number of nitrogens with zero attached hydrogens (tertiary/aromatic N) is 3. The average molecular weight is 762 g/mol. The topological polar surface area (TPSA) is 19.4 Å². The second-order valence-electron chi connectivity index (χ2n) is 22.6. The van der Waals surface area contributed by atoms with E-state index in [1.165, 1.54) is 95.6 Å². The molecule has 292 valence electrons. The van der Waals surface area contributed by atoms with Gasteiger partial charge in [-0.15, -0.1) is 11.3 Å². The first-order chi connectivity index (χ1) is 25.8. The first-order valence-electron chi connectivity index (χ1n) is 21.0. The maximum Gasteiger partial charge on any atom is 0.276 e. The van der Waals surface area contributed by atoms with Crippen LogP contribution in [0.2, 0.25) is 0 Å². The van der Waals surface area contributed by atoms with Gasteiger partial charge in [-0.05, 0) is 121 Å². The Bertz CT molecular complexity index is 2370. The molecule has 0 radical (unpaired) electrons. The lowest BCUT2D eigenvalue weighted by Gasteiger charge is -2.45. The Morgan fingerprint density at radius 1 is 0.536 bits per heavy atom. The van der Waals surface area contributed by atoms with Crippen LogP contribution in [0.25, 0.3) is 0 Å². The van der Waals surface area contributed by atoms with Gasteiger partial charge in [0.05, 0.1) is 10.6 Å². The van der Waals surface area contributed by atoms with Gasteiger partial charge in [0, 0.05) is 33.9 Å². The second kappa shape index (κ2) is 12.3. The van der Waals surface area contributed by atoms with Gasteiger partial charge in [-0.25, -0.2) is 0 Å². The molecule has 4 aromatic carbocycles. The van der Waals surface area contributed by atoms with Crippen LogP contribution in [0.3, 0.4) is 0 Å². The van der Waals surface area contributed by atoms with E-state index in [0.717, 1.165) is 0 Å². The second-order valence-corrected chi connectivity index (χ2v) is 23.5. The molecule has 2 aliphatic heterocycles. The number of anilines is 6. The highest BCUT2D eigenvalue weighted by Crippen LogP contribution is 2.51. The molecule has 56 heavy (non-hydrogen) atoms. The van der Waals surface area contributed by atoms with Crippen molar-refractivity contribution in [1.82, 2.24) is 4.98 Å². The van der Waals surface area contributed by atoms with Gasteiger partial charge in [-0.3, -0.25) is 4.98 Å². The van der Waals surface area contributed by atoms with Crippen LogP contribution in [0.1, 0.15) is 156 Å². The van der Waals surface area contributed by atoms with Gasteiger partial charge in [0.2, 0.25) is 0 Å². The Morgan fingerprint density at radius 2 is 1.07 bits per heavy atom. The van der Waals surface area contributed by atoms with Gasteiger partial charge in [-0.1, -0.05) is 141 Å². The highest BCUT2D eigenvalue weighted by atomic mass is 32.1. The summed E-state index contributed by atoms with van der Waals surface area (Å²) in [6.45, 7) is 37.7. The summed E-state index contributed by atoms with van der Waals surface area (Å²) in [7, 11) is 0. The molecule has 3 nitrogen and oxygen atoms in total. The predicted octanol–water partition coefficient (Wildman–Crippen LogP) is 12.8. The Labute approximate surface area is 343 Å². The molecule has 0 saturated carbocycles. The summed E-state index contributed by atoms with van der Waals surface area (Å²) < 4.78 is 0. The monoisotopic (exact) mass is 761 g/mol. The fourth-order valence-corrected chi connectivity index (χ4v) is 10.4. The van der Waals surface area contributed by atoms with E-state index in [2.05, 4.69) is 193 Å². The van der Waals surface area contributed by atoms with Crippen LogP contribution in [0.4, 0.5) is 33.4 Å². The average Bonchev–Trinajstić information content (AvgIpc) is 3.54. The summed E-state index contributed by atoms with van der Waals surface area (Å²) in [4.78, 5) is 10.9. The molecule has 5 aromatic rings. The molecule has 3 heterocycles. The van der Waals surface area contributed by atoms with E-state index >= 15 is 0 Å². The summed E-state index contributed by atoms with van der Waals surface area (Å²) >= 11 is 1.89. The standard InChI is InChI=1S/C51H64BN3S/c1-46(2,3)31-17-20-34(21-18-31)54-39-24-19-32(47(4,5)6)27-38(39)52-42-40(54)28-33(48(7,8)9)29-41(42)55(44-43(52)53-45(56-44)49(10,11)12)35-22-23-36-37(30-35)51(15,16)26-25-50(36,13)14/h17-24,27-30H,25-26H2,1-16H3. The predicted molar refractivity (Wildman–Crippen MR) is 246 cm³/mol. The van der Waals surface area contributed by atoms with Crippen LogP contribution in [0, 0.1) is 0 Å². The minimum Gasteiger partial charge on any atom is -0.311 e. The molecule has 0 atom stereocenters. The van der Waals surface area contributed by atoms with Crippen molar-refractivity contribution in [2.24, 2.45) is 0 Å². The Balaban J connectivity index is 1.49. The van der Waals surface area contributed by atoms with E-state index in [9.17, 15) is 0 Å². The van der Waals surface area contributed by atoms with Gasteiger partial charge in [0.1, 0.15) is 5.00 Å². The smallest absolute Gasteiger partial charge is 0.276 e. The van der Waals surface area contributed by atoms with E-state index in [-0.39, 0.29) is 39.2 Å². The fraction of sp³-hybridized carbons (Fsp3) is 0.471. The Hall–Kier alpha value is -3.83. The van der Waals surface area contributed by atoms with Crippen LogP contribution in [0.5, 0.6) is 0 Å².